The van der Waals surface area contributed by atoms with Crippen LogP contribution in [0, 0.1) is 0 Å². The number of para-hydroxylation sites is 1. The van der Waals surface area contributed by atoms with Gasteiger partial charge in [0.2, 0.25) is 0 Å². The van der Waals surface area contributed by atoms with Crippen LogP contribution in [-0.4, -0.2) is 21.2 Å². The van der Waals surface area contributed by atoms with Gasteiger partial charge in [-0.25, -0.2) is 17.9 Å². The average Bonchev–Trinajstić information content (AvgIpc) is 3.36. The van der Waals surface area contributed by atoms with Crippen LogP contribution in [0.4, 0.5) is 16.2 Å². The summed E-state index contributed by atoms with van der Waals surface area (Å²) >= 11 is 0. The van der Waals surface area contributed by atoms with E-state index in [0.29, 0.717) is 5.56 Å². The van der Waals surface area contributed by atoms with Crippen molar-refractivity contribution in [3.8, 4) is 0 Å². The first-order valence-corrected chi connectivity index (χ1v) is 11.7. The number of nitrogens with one attached hydrogen (secondary N) is 2. The Morgan fingerprint density at radius 1 is 1.10 bits per heavy atom. The Balaban J connectivity index is 1.63. The van der Waals surface area contributed by atoms with Gasteiger partial charge in [0.25, 0.3) is 10.0 Å². The van der Waals surface area contributed by atoms with Crippen LogP contribution in [0.3, 0.4) is 0 Å². The monoisotopic (exact) mass is 423 g/mol. The second kappa shape index (κ2) is 8.07. The van der Waals surface area contributed by atoms with Crippen molar-refractivity contribution in [1.29, 1.82) is 0 Å². The van der Waals surface area contributed by atoms with Crippen molar-refractivity contribution in [2.75, 3.05) is 5.32 Å². The van der Waals surface area contributed by atoms with Crippen molar-refractivity contribution in [1.82, 2.24) is 4.72 Å². The number of sulfonamides is 1. The van der Waals surface area contributed by atoms with Crippen LogP contribution in [0.1, 0.15) is 47.6 Å². The molecule has 2 aliphatic carbocycles. The molecule has 0 saturated carbocycles. The van der Waals surface area contributed by atoms with Crippen LogP contribution >= 0.6 is 0 Å². The Bertz CT molecular complexity index is 1130. The van der Waals surface area contributed by atoms with E-state index in [1.807, 2.05) is 6.92 Å². The third-order valence-corrected chi connectivity index (χ3v) is 7.13. The lowest BCUT2D eigenvalue weighted by molar-refractivity contribution is 0.256. The van der Waals surface area contributed by atoms with Crippen LogP contribution in [0.15, 0.2) is 40.2 Å². The number of benzene rings is 2. The number of aryl methyl sites for hydroxylation is 2. The van der Waals surface area contributed by atoms with E-state index in [4.69, 9.17) is 0 Å². The summed E-state index contributed by atoms with van der Waals surface area (Å²) in [7, 11) is -4.12. The first kappa shape index (κ1) is 20.3. The molecule has 0 aliphatic heterocycles. The maximum absolute atomic E-state index is 13.0. The molecule has 6 nitrogen and oxygen atoms in total. The van der Waals surface area contributed by atoms with Crippen molar-refractivity contribution >= 4 is 40.2 Å². The van der Waals surface area contributed by atoms with Crippen molar-refractivity contribution in [2.24, 2.45) is 4.99 Å². The fourth-order valence-corrected chi connectivity index (χ4v) is 5.62. The number of hydrogen-bond acceptors (Lipinski definition) is 4. The number of carbonyl (C=O) groups excluding carboxylic acids is 1. The number of fused-ring (bicyclic) bond motifs is 2. The first-order chi connectivity index (χ1) is 14.4. The molecule has 4 rings (SSSR count). The Morgan fingerprint density at radius 2 is 1.77 bits per heavy atom. The van der Waals surface area contributed by atoms with E-state index >= 15 is 0 Å². The summed E-state index contributed by atoms with van der Waals surface area (Å²) in [6.07, 6.45) is 9.46. The molecule has 0 spiro atoms. The zero-order chi connectivity index (χ0) is 21.3. The number of nitrogens with zero attached hydrogens (tertiary/aromatic N) is 1. The number of anilines is 1. The van der Waals surface area contributed by atoms with Crippen LogP contribution in [0.5, 0.6) is 0 Å². The lowest BCUT2D eigenvalue weighted by Crippen LogP contribution is -2.35. The fraction of sp³-hybridized carbons (Fsp3) is 0.304. The molecule has 2 aromatic carbocycles. The topological polar surface area (TPSA) is 87.6 Å². The van der Waals surface area contributed by atoms with E-state index in [-0.39, 0.29) is 10.6 Å². The van der Waals surface area contributed by atoms with Gasteiger partial charge in [-0.05, 0) is 80.5 Å². The Labute approximate surface area is 177 Å². The van der Waals surface area contributed by atoms with Gasteiger partial charge in [0.1, 0.15) is 4.90 Å². The molecule has 0 atom stereocenters. The third-order valence-electron chi connectivity index (χ3n) is 5.76. The molecule has 7 heteroatoms. The van der Waals surface area contributed by atoms with Crippen molar-refractivity contribution in [3.05, 3.63) is 58.2 Å². The number of urea groups is 1. The van der Waals surface area contributed by atoms with Gasteiger partial charge in [0, 0.05) is 11.3 Å². The minimum Gasteiger partial charge on any atom is -0.307 e. The molecule has 2 aliphatic rings. The molecule has 0 radical (unpaired) electrons. The summed E-state index contributed by atoms with van der Waals surface area (Å²) in [5.74, 6) is 0. The van der Waals surface area contributed by atoms with Crippen molar-refractivity contribution in [3.63, 3.8) is 0 Å². The summed E-state index contributed by atoms with van der Waals surface area (Å²) in [5.41, 5.74) is 6.47. The molecule has 2 amide bonds. The van der Waals surface area contributed by atoms with E-state index in [1.54, 1.807) is 24.3 Å². The molecule has 2 aromatic rings. The van der Waals surface area contributed by atoms with Crippen LogP contribution in [-0.2, 0) is 35.7 Å². The molecule has 0 fully saturated rings. The Morgan fingerprint density at radius 3 is 2.37 bits per heavy atom. The quantitative estimate of drug-likeness (QED) is 0.692. The molecule has 156 valence electrons. The first-order valence-electron chi connectivity index (χ1n) is 10.2. The van der Waals surface area contributed by atoms with Crippen molar-refractivity contribution < 1.29 is 13.2 Å². The zero-order valence-corrected chi connectivity index (χ0v) is 17.8. The average molecular weight is 424 g/mol. The Hall–Kier alpha value is -2.93. The highest BCUT2D eigenvalue weighted by molar-refractivity contribution is 7.90. The highest BCUT2D eigenvalue weighted by Crippen LogP contribution is 2.38. The van der Waals surface area contributed by atoms with E-state index in [1.165, 1.54) is 17.2 Å². The van der Waals surface area contributed by atoms with Crippen LogP contribution < -0.4 is 10.0 Å². The molecular formula is C23H25N3O3S. The minimum absolute atomic E-state index is 0.0771. The molecule has 0 aromatic heterocycles. The molecule has 0 saturated heterocycles. The van der Waals surface area contributed by atoms with E-state index in [9.17, 15) is 13.2 Å². The van der Waals surface area contributed by atoms with Gasteiger partial charge in [-0.15, -0.1) is 0 Å². The predicted octanol–water partition coefficient (Wildman–Crippen LogP) is 4.54. The lowest BCUT2D eigenvalue weighted by atomic mass is 9.99. The standard InChI is InChI=1S/C23H25N3O3S/c1-3-7-15-8-6-13-20(21(15)24-2)30(28,29)26-23(27)25-22-18-11-4-9-16(18)14-17-10-5-12-19(17)22/h3,6-8,13-14H,2,4-5,9-12H2,1H3,(H2,25,26,27)/b7-3-. The predicted molar refractivity (Wildman–Crippen MR) is 120 cm³/mol. The third kappa shape index (κ3) is 3.65. The van der Waals surface area contributed by atoms with Gasteiger partial charge < -0.3 is 5.32 Å². The maximum Gasteiger partial charge on any atom is 0.333 e. The summed E-state index contributed by atoms with van der Waals surface area (Å²) in [6.45, 7) is 5.33. The lowest BCUT2D eigenvalue weighted by Gasteiger charge is -2.17. The largest absolute Gasteiger partial charge is 0.333 e. The van der Waals surface area contributed by atoms with Gasteiger partial charge in [-0.2, -0.15) is 0 Å². The van der Waals surface area contributed by atoms with Crippen LogP contribution in [0.2, 0.25) is 0 Å². The number of carbonyl (C=O) groups is 1. The summed E-state index contributed by atoms with van der Waals surface area (Å²) in [5, 5.41) is 2.86. The van der Waals surface area contributed by atoms with Crippen molar-refractivity contribution in [2.45, 2.75) is 50.3 Å². The molecule has 2 N–H and O–H groups in total. The molecule has 0 bridgehead atoms. The molecule has 0 heterocycles. The van der Waals surface area contributed by atoms with Gasteiger partial charge in [-0.1, -0.05) is 30.4 Å². The second-order valence-electron chi connectivity index (χ2n) is 7.65. The highest BCUT2D eigenvalue weighted by Gasteiger charge is 2.27. The number of aliphatic imine (C=N–C) groups is 1. The zero-order valence-electron chi connectivity index (χ0n) is 17.0. The van der Waals surface area contributed by atoms with Crippen LogP contribution in [0.25, 0.3) is 6.08 Å². The Kier molecular flexibility index (Phi) is 5.47. The number of hydrogen-bond donors (Lipinski definition) is 2. The van der Waals surface area contributed by atoms with Gasteiger partial charge in [-0.3, -0.25) is 4.99 Å². The minimum atomic E-state index is -4.12. The summed E-state index contributed by atoms with van der Waals surface area (Å²) in [4.78, 5) is 16.6. The number of amides is 2. The van der Waals surface area contributed by atoms with Gasteiger partial charge >= 0.3 is 6.03 Å². The smallest absolute Gasteiger partial charge is 0.307 e. The summed E-state index contributed by atoms with van der Waals surface area (Å²) in [6, 6.07) is 6.30. The van der Waals surface area contributed by atoms with E-state index in [2.05, 4.69) is 27.8 Å². The second-order valence-corrected chi connectivity index (χ2v) is 9.30. The number of allylic oxidation sites excluding steroid dienone is 1. The SMILES string of the molecule is C=Nc1c(/C=C\C)cccc1S(=O)(=O)NC(=O)Nc1c2c(cc3c1CCC3)CCC2. The van der Waals surface area contributed by atoms with E-state index in [0.717, 1.165) is 55.3 Å². The van der Waals surface area contributed by atoms with Gasteiger partial charge in [0.15, 0.2) is 0 Å². The molecular weight excluding hydrogens is 398 g/mol. The molecule has 30 heavy (non-hydrogen) atoms. The number of rotatable bonds is 5. The highest BCUT2D eigenvalue weighted by atomic mass is 32.2. The van der Waals surface area contributed by atoms with Gasteiger partial charge in [0.05, 0.1) is 5.69 Å². The van der Waals surface area contributed by atoms with E-state index < -0.39 is 16.1 Å². The fourth-order valence-electron chi connectivity index (χ4n) is 4.52. The molecule has 0 unspecified atom stereocenters. The maximum atomic E-state index is 13.0. The summed E-state index contributed by atoms with van der Waals surface area (Å²) < 4.78 is 28.1. The normalized spacial score (nSPS) is 15.1.